The van der Waals surface area contributed by atoms with Crippen molar-refractivity contribution < 1.29 is 4.79 Å². The molecule has 0 aliphatic carbocycles. The molecule has 1 rings (SSSR count). The van der Waals surface area contributed by atoms with E-state index in [0.29, 0.717) is 24.8 Å². The van der Waals surface area contributed by atoms with Crippen LogP contribution in [0.2, 0.25) is 0 Å². The van der Waals surface area contributed by atoms with Crippen LogP contribution in [0, 0.1) is 0 Å². The highest BCUT2D eigenvalue weighted by atomic mass is 35.5. The zero-order valence-electron chi connectivity index (χ0n) is 8.96. The van der Waals surface area contributed by atoms with Gasteiger partial charge in [0, 0.05) is 11.8 Å². The minimum atomic E-state index is -0.763. The van der Waals surface area contributed by atoms with E-state index in [2.05, 4.69) is 20.3 Å². The van der Waals surface area contributed by atoms with Crippen molar-refractivity contribution in [1.29, 1.82) is 0 Å². The Balaban J connectivity index is 2.59. The van der Waals surface area contributed by atoms with Crippen molar-refractivity contribution in [2.45, 2.75) is 6.17 Å². The van der Waals surface area contributed by atoms with Crippen LogP contribution in [0.25, 0.3) is 0 Å². The van der Waals surface area contributed by atoms with Gasteiger partial charge in [-0.05, 0) is 0 Å². The van der Waals surface area contributed by atoms with Crippen molar-refractivity contribution in [3.8, 4) is 0 Å². The van der Waals surface area contributed by atoms with E-state index in [1.165, 1.54) is 6.34 Å². The van der Waals surface area contributed by atoms with Crippen LogP contribution in [0.1, 0.15) is 0 Å². The van der Waals surface area contributed by atoms with E-state index in [9.17, 15) is 4.79 Å². The molecule has 0 aromatic rings. The van der Waals surface area contributed by atoms with Crippen LogP contribution < -0.4 is 5.73 Å². The SMILES string of the molecule is NC(=O)C1=NC=NC1/N=N/N(CCCl)CCCl. The van der Waals surface area contributed by atoms with Crippen molar-refractivity contribution in [3.63, 3.8) is 0 Å². The fraction of sp³-hybridized carbons (Fsp3) is 0.625. The van der Waals surface area contributed by atoms with Crippen LogP contribution in [0.4, 0.5) is 0 Å². The van der Waals surface area contributed by atoms with Gasteiger partial charge >= 0.3 is 0 Å². The second-order valence-corrected chi connectivity index (χ2v) is 3.81. The second-order valence-electron chi connectivity index (χ2n) is 3.05. The molecule has 1 heterocycles. The van der Waals surface area contributed by atoms with Gasteiger partial charge in [-0.3, -0.25) is 9.80 Å². The van der Waals surface area contributed by atoms with Gasteiger partial charge in [0.25, 0.3) is 5.91 Å². The van der Waals surface area contributed by atoms with E-state index < -0.39 is 12.1 Å². The molecule has 0 aromatic heterocycles. The Morgan fingerprint density at radius 1 is 1.47 bits per heavy atom. The molecule has 0 fully saturated rings. The van der Waals surface area contributed by atoms with Gasteiger partial charge in [0.1, 0.15) is 6.34 Å². The first-order valence-corrected chi connectivity index (χ1v) is 5.92. The van der Waals surface area contributed by atoms with Gasteiger partial charge in [-0.15, -0.1) is 28.3 Å². The number of hydrogen-bond acceptors (Lipinski definition) is 5. The molecule has 1 atom stereocenters. The number of alkyl halides is 2. The quantitative estimate of drug-likeness (QED) is 0.415. The van der Waals surface area contributed by atoms with Crippen molar-refractivity contribution in [2.75, 3.05) is 24.8 Å². The molecule has 2 N–H and O–H groups in total. The Labute approximate surface area is 108 Å². The molecule has 1 unspecified atom stereocenters. The lowest BCUT2D eigenvalue weighted by Crippen LogP contribution is -2.30. The predicted octanol–water partition coefficient (Wildman–Crippen LogP) is 0.427. The van der Waals surface area contributed by atoms with Crippen LogP contribution >= 0.6 is 23.2 Å². The van der Waals surface area contributed by atoms with Crippen LogP contribution in [0.3, 0.4) is 0 Å². The van der Waals surface area contributed by atoms with Gasteiger partial charge in [0.2, 0.25) is 6.17 Å². The minimum absolute atomic E-state index is 0.0745. The van der Waals surface area contributed by atoms with Gasteiger partial charge < -0.3 is 5.73 Å². The van der Waals surface area contributed by atoms with Crippen molar-refractivity contribution in [1.82, 2.24) is 5.01 Å². The van der Waals surface area contributed by atoms with Crippen molar-refractivity contribution in [2.24, 2.45) is 26.1 Å². The highest BCUT2D eigenvalue weighted by molar-refractivity contribution is 6.42. The van der Waals surface area contributed by atoms with Gasteiger partial charge in [0.05, 0.1) is 13.1 Å². The summed E-state index contributed by atoms with van der Waals surface area (Å²) < 4.78 is 0. The number of halogens is 2. The fourth-order valence-electron chi connectivity index (χ4n) is 1.09. The third-order valence-electron chi connectivity index (χ3n) is 1.87. The van der Waals surface area contributed by atoms with Crippen LogP contribution in [0.5, 0.6) is 0 Å². The van der Waals surface area contributed by atoms with Gasteiger partial charge in [-0.2, -0.15) is 0 Å². The number of aliphatic imine (C=N–C) groups is 2. The molecule has 1 aliphatic rings. The molecule has 1 amide bonds. The smallest absolute Gasteiger partial charge is 0.267 e. The molecule has 0 saturated heterocycles. The average molecular weight is 279 g/mol. The van der Waals surface area contributed by atoms with E-state index in [0.717, 1.165) is 0 Å². The van der Waals surface area contributed by atoms with Crippen molar-refractivity contribution in [3.05, 3.63) is 0 Å². The standard InChI is InChI=1S/C8H12Cl2N6O/c9-1-3-16(4-2-10)15-14-8-6(7(11)17)12-5-13-8/h5,8H,1-4H2,(H2,11,17)/b15-14+. The predicted molar refractivity (Wildman–Crippen MR) is 66.8 cm³/mol. The number of rotatable bonds is 7. The number of nitrogens with zero attached hydrogens (tertiary/aromatic N) is 5. The number of amides is 1. The Hall–Kier alpha value is -1.21. The summed E-state index contributed by atoms with van der Waals surface area (Å²) in [4.78, 5) is 18.5. The largest absolute Gasteiger partial charge is 0.364 e. The Bertz CT molecular complexity index is 350. The lowest BCUT2D eigenvalue weighted by atomic mass is 10.3. The Morgan fingerprint density at radius 3 is 2.65 bits per heavy atom. The lowest BCUT2D eigenvalue weighted by molar-refractivity contribution is -0.112. The van der Waals surface area contributed by atoms with Gasteiger partial charge in [0.15, 0.2) is 5.71 Å². The molecule has 17 heavy (non-hydrogen) atoms. The average Bonchev–Trinajstić information content (AvgIpc) is 2.74. The van der Waals surface area contributed by atoms with E-state index in [-0.39, 0.29) is 5.71 Å². The molecule has 0 bridgehead atoms. The molecule has 0 spiro atoms. The van der Waals surface area contributed by atoms with Crippen LogP contribution in [-0.4, -0.2) is 54.0 Å². The molecule has 94 valence electrons. The monoisotopic (exact) mass is 278 g/mol. The summed E-state index contributed by atoms with van der Waals surface area (Å²) in [7, 11) is 0. The Morgan fingerprint density at radius 2 is 2.12 bits per heavy atom. The summed E-state index contributed by atoms with van der Waals surface area (Å²) in [6, 6.07) is 0. The van der Waals surface area contributed by atoms with E-state index in [1.807, 2.05) is 0 Å². The number of nitrogens with two attached hydrogens (primary N) is 1. The van der Waals surface area contributed by atoms with E-state index in [1.54, 1.807) is 5.01 Å². The zero-order chi connectivity index (χ0) is 12.7. The van der Waals surface area contributed by atoms with E-state index >= 15 is 0 Å². The minimum Gasteiger partial charge on any atom is -0.364 e. The molecule has 7 nitrogen and oxygen atoms in total. The van der Waals surface area contributed by atoms with Crippen molar-refractivity contribution >= 4 is 41.2 Å². The summed E-state index contributed by atoms with van der Waals surface area (Å²) in [6.45, 7) is 1.02. The molecular formula is C8H12Cl2N6O. The summed E-state index contributed by atoms with van der Waals surface area (Å²) >= 11 is 11.2. The normalized spacial score (nSPS) is 18.7. The van der Waals surface area contributed by atoms with Gasteiger partial charge in [-0.25, -0.2) is 9.98 Å². The number of hydrogen-bond donors (Lipinski definition) is 1. The zero-order valence-corrected chi connectivity index (χ0v) is 10.5. The second kappa shape index (κ2) is 7.18. The molecule has 0 saturated carbocycles. The first-order chi connectivity index (χ1) is 8.19. The molecule has 0 aromatic carbocycles. The number of carbonyl (C=O) groups excluding carboxylic acids is 1. The first-order valence-electron chi connectivity index (χ1n) is 4.85. The third kappa shape index (κ3) is 4.27. The van der Waals surface area contributed by atoms with E-state index in [4.69, 9.17) is 28.9 Å². The summed E-state index contributed by atoms with van der Waals surface area (Å²) in [5, 5.41) is 9.36. The maximum absolute atomic E-state index is 11.0. The lowest BCUT2D eigenvalue weighted by Gasteiger charge is -2.14. The first kappa shape index (κ1) is 13.9. The highest BCUT2D eigenvalue weighted by Gasteiger charge is 2.22. The molecular weight excluding hydrogens is 267 g/mol. The topological polar surface area (TPSA) is 95.8 Å². The Kier molecular flexibility index (Phi) is 5.85. The summed E-state index contributed by atoms with van der Waals surface area (Å²) in [5.41, 5.74) is 5.18. The molecule has 9 heteroatoms. The highest BCUT2D eigenvalue weighted by Crippen LogP contribution is 2.05. The van der Waals surface area contributed by atoms with Gasteiger partial charge in [-0.1, -0.05) is 5.22 Å². The maximum Gasteiger partial charge on any atom is 0.267 e. The molecule has 1 aliphatic heterocycles. The fourth-order valence-corrected chi connectivity index (χ4v) is 1.48. The molecule has 0 radical (unpaired) electrons. The number of primary amides is 1. The third-order valence-corrected chi connectivity index (χ3v) is 2.21. The van der Waals surface area contributed by atoms with Crippen LogP contribution in [-0.2, 0) is 4.79 Å². The van der Waals surface area contributed by atoms with Crippen LogP contribution in [0.15, 0.2) is 20.3 Å². The summed E-state index contributed by atoms with van der Waals surface area (Å²) in [5.74, 6) is 0.147. The number of carbonyl (C=O) groups is 1. The summed E-state index contributed by atoms with van der Waals surface area (Å²) in [6.07, 6.45) is 0.470. The maximum atomic E-state index is 11.0.